The van der Waals surface area contributed by atoms with E-state index in [9.17, 15) is 9.59 Å². The molecule has 2 unspecified atom stereocenters. The Morgan fingerprint density at radius 1 is 1.03 bits per heavy atom. The third-order valence-corrected chi connectivity index (χ3v) is 6.46. The van der Waals surface area contributed by atoms with E-state index in [1.165, 1.54) is 12.1 Å². The first-order valence-electron chi connectivity index (χ1n) is 11.8. The van der Waals surface area contributed by atoms with Crippen molar-refractivity contribution < 1.29 is 9.59 Å². The minimum atomic E-state index is -0.0947. The first kappa shape index (κ1) is 21.6. The van der Waals surface area contributed by atoms with Crippen LogP contribution in [0.3, 0.4) is 0 Å². The largest absolute Gasteiger partial charge is 0.354 e. The van der Waals surface area contributed by atoms with Crippen LogP contribution < -0.4 is 10.6 Å². The molecule has 2 N–H and O–H groups in total. The van der Waals surface area contributed by atoms with Gasteiger partial charge < -0.3 is 10.6 Å². The van der Waals surface area contributed by atoms with E-state index in [0.717, 1.165) is 56.2 Å². The predicted molar refractivity (Wildman–Crippen MR) is 121 cm³/mol. The quantitative estimate of drug-likeness (QED) is 0.716. The Bertz CT molecular complexity index is 919. The highest BCUT2D eigenvalue weighted by Crippen LogP contribution is 2.28. The Balaban J connectivity index is 1.53. The second-order valence-corrected chi connectivity index (χ2v) is 9.28. The summed E-state index contributed by atoms with van der Waals surface area (Å²) in [6, 6.07) is 10.2. The van der Waals surface area contributed by atoms with Gasteiger partial charge in [0.2, 0.25) is 5.91 Å². The van der Waals surface area contributed by atoms with Crippen molar-refractivity contribution >= 4 is 11.8 Å². The Morgan fingerprint density at radius 3 is 2.58 bits per heavy atom. The molecule has 4 rings (SSSR count). The summed E-state index contributed by atoms with van der Waals surface area (Å²) in [7, 11) is 0. The zero-order valence-electron chi connectivity index (χ0n) is 18.7. The van der Waals surface area contributed by atoms with Crippen LogP contribution >= 0.6 is 0 Å². The van der Waals surface area contributed by atoms with Crippen molar-refractivity contribution in [2.45, 2.75) is 83.7 Å². The number of nitrogens with one attached hydrogen (secondary N) is 2. The first-order chi connectivity index (χ1) is 15.0. The van der Waals surface area contributed by atoms with E-state index in [1.54, 1.807) is 0 Å². The molecule has 166 valence electrons. The van der Waals surface area contributed by atoms with Gasteiger partial charge in [0.15, 0.2) is 5.69 Å². The topological polar surface area (TPSA) is 76.0 Å². The molecular weight excluding hydrogens is 388 g/mol. The Morgan fingerprint density at radius 2 is 1.81 bits per heavy atom. The third-order valence-electron chi connectivity index (χ3n) is 6.46. The lowest BCUT2D eigenvalue weighted by Gasteiger charge is -2.29. The van der Waals surface area contributed by atoms with Gasteiger partial charge in [-0.3, -0.25) is 9.59 Å². The SMILES string of the molecule is CC(C)NC(=O)C1CCCC(NC(=O)c2nn(-c3ccccc3)c3c2CCCCC3)C1. The van der Waals surface area contributed by atoms with Crippen molar-refractivity contribution in [1.29, 1.82) is 0 Å². The average Bonchev–Trinajstić information content (AvgIpc) is 2.95. The van der Waals surface area contributed by atoms with Crippen LogP contribution in [-0.4, -0.2) is 33.7 Å². The second kappa shape index (κ2) is 9.67. The molecule has 2 atom stereocenters. The van der Waals surface area contributed by atoms with Gasteiger partial charge in [-0.2, -0.15) is 5.10 Å². The number of rotatable bonds is 5. The summed E-state index contributed by atoms with van der Waals surface area (Å²) >= 11 is 0. The van der Waals surface area contributed by atoms with Gasteiger partial charge in [-0.25, -0.2) is 4.68 Å². The van der Waals surface area contributed by atoms with Crippen LogP contribution in [0.2, 0.25) is 0 Å². The summed E-state index contributed by atoms with van der Waals surface area (Å²) in [5.74, 6) is -0.0145. The minimum Gasteiger partial charge on any atom is -0.354 e. The Kier molecular flexibility index (Phi) is 6.73. The molecule has 0 spiro atoms. The fourth-order valence-electron chi connectivity index (χ4n) is 4.96. The molecule has 1 aromatic carbocycles. The van der Waals surface area contributed by atoms with Gasteiger partial charge in [0.05, 0.1) is 5.69 Å². The van der Waals surface area contributed by atoms with Gasteiger partial charge in [0, 0.05) is 29.3 Å². The van der Waals surface area contributed by atoms with Crippen molar-refractivity contribution in [2.75, 3.05) is 0 Å². The highest BCUT2D eigenvalue weighted by Gasteiger charge is 2.31. The number of hydrogen-bond donors (Lipinski definition) is 2. The molecular formula is C25H34N4O2. The minimum absolute atomic E-state index is 0.0208. The molecule has 1 heterocycles. The van der Waals surface area contributed by atoms with Crippen molar-refractivity contribution in [3.05, 3.63) is 47.3 Å². The third kappa shape index (κ3) is 5.00. The van der Waals surface area contributed by atoms with Crippen LogP contribution in [0, 0.1) is 5.92 Å². The van der Waals surface area contributed by atoms with Gasteiger partial charge in [-0.1, -0.05) is 31.0 Å². The first-order valence-corrected chi connectivity index (χ1v) is 11.8. The highest BCUT2D eigenvalue weighted by atomic mass is 16.2. The van der Waals surface area contributed by atoms with Crippen molar-refractivity contribution in [3.63, 3.8) is 0 Å². The molecule has 0 radical (unpaired) electrons. The number of amides is 2. The van der Waals surface area contributed by atoms with Crippen molar-refractivity contribution in [2.24, 2.45) is 5.92 Å². The van der Waals surface area contributed by atoms with Crippen LogP contribution in [0.15, 0.2) is 30.3 Å². The highest BCUT2D eigenvalue weighted by molar-refractivity contribution is 5.94. The smallest absolute Gasteiger partial charge is 0.272 e. The number of carbonyl (C=O) groups is 2. The van der Waals surface area contributed by atoms with Gasteiger partial charge in [-0.15, -0.1) is 0 Å². The molecule has 31 heavy (non-hydrogen) atoms. The van der Waals surface area contributed by atoms with E-state index < -0.39 is 0 Å². The Hall–Kier alpha value is -2.63. The summed E-state index contributed by atoms with van der Waals surface area (Å²) in [5, 5.41) is 11.0. The van der Waals surface area contributed by atoms with Crippen LogP contribution in [0.4, 0.5) is 0 Å². The van der Waals surface area contributed by atoms with Gasteiger partial charge in [0.25, 0.3) is 5.91 Å². The molecule has 1 saturated carbocycles. The van der Waals surface area contributed by atoms with Crippen molar-refractivity contribution in [1.82, 2.24) is 20.4 Å². The van der Waals surface area contributed by atoms with E-state index in [-0.39, 0.29) is 29.8 Å². The zero-order chi connectivity index (χ0) is 21.8. The number of fused-ring (bicyclic) bond motifs is 1. The molecule has 0 saturated heterocycles. The van der Waals surface area contributed by atoms with Crippen LogP contribution in [0.1, 0.15) is 80.5 Å². The lowest BCUT2D eigenvalue weighted by Crippen LogP contribution is -2.44. The molecule has 2 amide bonds. The molecule has 2 aromatic rings. The molecule has 2 aliphatic rings. The van der Waals surface area contributed by atoms with Gasteiger partial charge in [0.1, 0.15) is 0 Å². The van der Waals surface area contributed by atoms with Crippen LogP contribution in [0.25, 0.3) is 5.69 Å². The van der Waals surface area contributed by atoms with E-state index in [1.807, 2.05) is 48.9 Å². The van der Waals surface area contributed by atoms with E-state index in [2.05, 4.69) is 10.6 Å². The molecule has 1 aromatic heterocycles. The molecule has 0 aliphatic heterocycles. The molecule has 0 bridgehead atoms. The number of aromatic nitrogens is 2. The van der Waals surface area contributed by atoms with Gasteiger partial charge in [-0.05, 0) is 70.9 Å². The average molecular weight is 423 g/mol. The molecule has 6 nitrogen and oxygen atoms in total. The number of nitrogens with zero attached hydrogens (tertiary/aromatic N) is 2. The Labute approximate surface area is 184 Å². The number of benzene rings is 1. The lowest BCUT2D eigenvalue weighted by molar-refractivity contribution is -0.126. The summed E-state index contributed by atoms with van der Waals surface area (Å²) < 4.78 is 1.97. The number of para-hydroxylation sites is 1. The second-order valence-electron chi connectivity index (χ2n) is 9.28. The lowest BCUT2D eigenvalue weighted by atomic mass is 9.85. The standard InChI is InChI=1S/C25H34N4O2/c1-17(2)26-24(30)18-10-9-11-19(16-18)27-25(31)23-21-14-7-4-8-15-22(21)29(28-23)20-12-5-3-6-13-20/h3,5-6,12-13,17-19H,4,7-11,14-16H2,1-2H3,(H,26,30)(H,27,31). The normalized spacial score (nSPS) is 21.3. The van der Waals surface area contributed by atoms with Gasteiger partial charge >= 0.3 is 0 Å². The monoisotopic (exact) mass is 422 g/mol. The van der Waals surface area contributed by atoms with Crippen LogP contribution in [-0.2, 0) is 17.6 Å². The summed E-state index contributed by atoms with van der Waals surface area (Å²) in [6.45, 7) is 3.96. The number of hydrogen-bond acceptors (Lipinski definition) is 3. The summed E-state index contributed by atoms with van der Waals surface area (Å²) in [5.41, 5.74) is 3.84. The molecule has 1 fully saturated rings. The fourth-order valence-corrected chi connectivity index (χ4v) is 4.96. The maximum Gasteiger partial charge on any atom is 0.272 e. The van der Waals surface area contributed by atoms with E-state index in [4.69, 9.17) is 5.10 Å². The van der Waals surface area contributed by atoms with Crippen molar-refractivity contribution in [3.8, 4) is 5.69 Å². The maximum atomic E-state index is 13.3. The summed E-state index contributed by atoms with van der Waals surface area (Å²) in [4.78, 5) is 25.8. The fraction of sp³-hybridized carbons (Fsp3) is 0.560. The predicted octanol–water partition coefficient (Wildman–Crippen LogP) is 3.95. The van der Waals surface area contributed by atoms with E-state index >= 15 is 0 Å². The zero-order valence-corrected chi connectivity index (χ0v) is 18.7. The molecule has 2 aliphatic carbocycles. The molecule has 6 heteroatoms. The van der Waals surface area contributed by atoms with E-state index in [0.29, 0.717) is 12.1 Å². The van der Waals surface area contributed by atoms with Crippen LogP contribution in [0.5, 0.6) is 0 Å². The number of carbonyl (C=O) groups excluding carboxylic acids is 2. The summed E-state index contributed by atoms with van der Waals surface area (Å²) in [6.07, 6.45) is 8.71. The maximum absolute atomic E-state index is 13.3.